The number of benzene rings is 1. The maximum atomic E-state index is 12.6. The third-order valence-electron chi connectivity index (χ3n) is 4.78. The molecule has 2 aromatic rings. The van der Waals surface area contributed by atoms with Crippen molar-refractivity contribution in [2.75, 3.05) is 19.9 Å². The monoisotopic (exact) mass is 367 g/mol. The predicted molar refractivity (Wildman–Crippen MR) is 97.7 cm³/mol. The molecular formula is C20H21N3O4. The molecule has 0 spiro atoms. The van der Waals surface area contributed by atoms with E-state index in [0.717, 1.165) is 37.9 Å². The lowest BCUT2D eigenvalue weighted by molar-refractivity contribution is 0.0724. The molecule has 4 rings (SSSR count). The SMILES string of the molecule is O=C(NCc1ccc2c(c1)OCO2)c1cncc(C(=O)N2CCCCC2)c1. The normalized spacial score (nSPS) is 15.5. The number of amides is 2. The van der Waals surface area contributed by atoms with Gasteiger partial charge in [-0.15, -0.1) is 0 Å². The van der Waals surface area contributed by atoms with E-state index in [4.69, 9.17) is 9.47 Å². The highest BCUT2D eigenvalue weighted by Gasteiger charge is 2.20. The fourth-order valence-electron chi connectivity index (χ4n) is 3.30. The smallest absolute Gasteiger partial charge is 0.255 e. The van der Waals surface area contributed by atoms with Crippen LogP contribution >= 0.6 is 0 Å². The maximum Gasteiger partial charge on any atom is 0.255 e. The van der Waals surface area contributed by atoms with E-state index in [1.54, 1.807) is 6.07 Å². The largest absolute Gasteiger partial charge is 0.454 e. The summed E-state index contributed by atoms with van der Waals surface area (Å²) in [6, 6.07) is 7.15. The van der Waals surface area contributed by atoms with Crippen LogP contribution in [-0.4, -0.2) is 41.6 Å². The molecule has 7 nitrogen and oxygen atoms in total. The average molecular weight is 367 g/mol. The van der Waals surface area contributed by atoms with Crippen molar-refractivity contribution in [3.63, 3.8) is 0 Å². The Bertz CT molecular complexity index is 862. The Hall–Kier alpha value is -3.09. The van der Waals surface area contributed by atoms with E-state index in [1.165, 1.54) is 12.4 Å². The minimum atomic E-state index is -0.270. The summed E-state index contributed by atoms with van der Waals surface area (Å²) in [7, 11) is 0. The number of hydrogen-bond donors (Lipinski definition) is 1. The van der Waals surface area contributed by atoms with Gasteiger partial charge in [-0.2, -0.15) is 0 Å². The lowest BCUT2D eigenvalue weighted by Gasteiger charge is -2.26. The summed E-state index contributed by atoms with van der Waals surface area (Å²) in [5.74, 6) is 1.05. The number of rotatable bonds is 4. The number of hydrogen-bond acceptors (Lipinski definition) is 5. The number of nitrogens with zero attached hydrogens (tertiary/aromatic N) is 2. The van der Waals surface area contributed by atoms with Crippen LogP contribution in [0.4, 0.5) is 0 Å². The Morgan fingerprint density at radius 3 is 2.63 bits per heavy atom. The number of aromatic nitrogens is 1. The number of likely N-dealkylation sites (tertiary alicyclic amines) is 1. The Balaban J connectivity index is 1.40. The Kier molecular flexibility index (Phi) is 4.91. The predicted octanol–water partition coefficient (Wildman–Crippen LogP) is 2.37. The van der Waals surface area contributed by atoms with E-state index < -0.39 is 0 Å². The van der Waals surface area contributed by atoms with Crippen LogP contribution in [-0.2, 0) is 6.54 Å². The average Bonchev–Trinajstić information content (AvgIpc) is 3.20. The summed E-state index contributed by atoms with van der Waals surface area (Å²) < 4.78 is 10.6. The zero-order valence-electron chi connectivity index (χ0n) is 14.9. The molecular weight excluding hydrogens is 346 g/mol. The van der Waals surface area contributed by atoms with Crippen molar-refractivity contribution in [1.29, 1.82) is 0 Å². The van der Waals surface area contributed by atoms with Gasteiger partial charge in [-0.3, -0.25) is 14.6 Å². The second-order valence-corrected chi connectivity index (χ2v) is 6.69. The first kappa shape index (κ1) is 17.3. The van der Waals surface area contributed by atoms with Gasteiger partial charge in [-0.05, 0) is 43.0 Å². The lowest BCUT2D eigenvalue weighted by Crippen LogP contribution is -2.35. The zero-order chi connectivity index (χ0) is 18.6. The van der Waals surface area contributed by atoms with Crippen molar-refractivity contribution in [3.05, 3.63) is 53.3 Å². The van der Waals surface area contributed by atoms with E-state index in [1.807, 2.05) is 23.1 Å². The highest BCUT2D eigenvalue weighted by atomic mass is 16.7. The number of fused-ring (bicyclic) bond motifs is 1. The lowest BCUT2D eigenvalue weighted by atomic mass is 10.1. The van der Waals surface area contributed by atoms with Crippen molar-refractivity contribution in [2.24, 2.45) is 0 Å². The van der Waals surface area contributed by atoms with Gasteiger partial charge in [0.1, 0.15) is 0 Å². The molecule has 0 atom stereocenters. The minimum Gasteiger partial charge on any atom is -0.454 e. The van der Waals surface area contributed by atoms with Crippen LogP contribution in [0.5, 0.6) is 11.5 Å². The highest BCUT2D eigenvalue weighted by Crippen LogP contribution is 2.32. The Labute approximate surface area is 157 Å². The molecule has 0 bridgehead atoms. The van der Waals surface area contributed by atoms with Gasteiger partial charge in [0.15, 0.2) is 11.5 Å². The Morgan fingerprint density at radius 2 is 1.78 bits per heavy atom. The number of carbonyl (C=O) groups is 2. The molecule has 2 aliphatic heterocycles. The van der Waals surface area contributed by atoms with Gasteiger partial charge < -0.3 is 19.7 Å². The molecule has 1 aromatic heterocycles. The first-order valence-electron chi connectivity index (χ1n) is 9.12. The maximum absolute atomic E-state index is 12.6. The fourth-order valence-corrected chi connectivity index (χ4v) is 3.30. The summed E-state index contributed by atoms with van der Waals surface area (Å²) in [5.41, 5.74) is 1.73. The fraction of sp³-hybridized carbons (Fsp3) is 0.350. The summed E-state index contributed by atoms with van der Waals surface area (Å²) in [4.78, 5) is 31.0. The van der Waals surface area contributed by atoms with E-state index in [2.05, 4.69) is 10.3 Å². The molecule has 0 unspecified atom stereocenters. The molecule has 1 aromatic carbocycles. The van der Waals surface area contributed by atoms with Crippen molar-refractivity contribution >= 4 is 11.8 Å². The number of ether oxygens (including phenoxy) is 2. The zero-order valence-corrected chi connectivity index (χ0v) is 14.9. The number of carbonyl (C=O) groups excluding carboxylic acids is 2. The number of piperidine rings is 1. The standard InChI is InChI=1S/C20H21N3O4/c24-19(22-10-14-4-5-17-18(8-14)27-13-26-17)15-9-16(12-21-11-15)20(25)23-6-2-1-3-7-23/h4-5,8-9,11-12H,1-3,6-7,10,13H2,(H,22,24). The minimum absolute atomic E-state index is 0.0624. The first-order chi connectivity index (χ1) is 13.2. The molecule has 2 amide bonds. The highest BCUT2D eigenvalue weighted by molar-refractivity contribution is 5.99. The van der Waals surface area contributed by atoms with Crippen molar-refractivity contribution in [3.8, 4) is 11.5 Å². The number of pyridine rings is 1. The van der Waals surface area contributed by atoms with Gasteiger partial charge in [0.25, 0.3) is 11.8 Å². The van der Waals surface area contributed by atoms with Crippen LogP contribution in [0.3, 0.4) is 0 Å². The molecule has 27 heavy (non-hydrogen) atoms. The molecule has 7 heteroatoms. The number of nitrogens with one attached hydrogen (secondary N) is 1. The third kappa shape index (κ3) is 3.86. The van der Waals surface area contributed by atoms with Crippen LogP contribution in [0.1, 0.15) is 45.5 Å². The van der Waals surface area contributed by atoms with E-state index in [0.29, 0.717) is 29.2 Å². The van der Waals surface area contributed by atoms with Gasteiger partial charge in [-0.25, -0.2) is 0 Å². The van der Waals surface area contributed by atoms with Crippen molar-refractivity contribution < 1.29 is 19.1 Å². The molecule has 2 aliphatic rings. The van der Waals surface area contributed by atoms with E-state index in [9.17, 15) is 9.59 Å². The second-order valence-electron chi connectivity index (χ2n) is 6.69. The first-order valence-corrected chi connectivity index (χ1v) is 9.12. The molecule has 1 saturated heterocycles. The van der Waals surface area contributed by atoms with Crippen LogP contribution in [0.15, 0.2) is 36.7 Å². The van der Waals surface area contributed by atoms with Crippen LogP contribution in [0.2, 0.25) is 0 Å². The summed E-state index contributed by atoms with van der Waals surface area (Å²) in [5, 5.41) is 2.85. The second kappa shape index (κ2) is 7.65. The van der Waals surface area contributed by atoms with Crippen molar-refractivity contribution in [1.82, 2.24) is 15.2 Å². The molecule has 3 heterocycles. The van der Waals surface area contributed by atoms with Gasteiger partial charge in [-0.1, -0.05) is 6.07 Å². The van der Waals surface area contributed by atoms with Crippen LogP contribution in [0.25, 0.3) is 0 Å². The van der Waals surface area contributed by atoms with Gasteiger partial charge in [0.05, 0.1) is 11.1 Å². The summed E-state index contributed by atoms with van der Waals surface area (Å²) in [6.45, 7) is 2.09. The molecule has 140 valence electrons. The van der Waals surface area contributed by atoms with Gasteiger partial charge in [0, 0.05) is 32.0 Å². The molecule has 1 N–H and O–H groups in total. The third-order valence-corrected chi connectivity index (χ3v) is 4.78. The van der Waals surface area contributed by atoms with E-state index >= 15 is 0 Å². The summed E-state index contributed by atoms with van der Waals surface area (Å²) >= 11 is 0. The molecule has 0 aliphatic carbocycles. The van der Waals surface area contributed by atoms with Crippen LogP contribution in [0, 0.1) is 0 Å². The van der Waals surface area contributed by atoms with E-state index in [-0.39, 0.29) is 18.6 Å². The molecule has 1 fully saturated rings. The summed E-state index contributed by atoms with van der Waals surface area (Å²) in [6.07, 6.45) is 6.20. The topological polar surface area (TPSA) is 80.8 Å². The van der Waals surface area contributed by atoms with Gasteiger partial charge >= 0.3 is 0 Å². The molecule has 0 saturated carbocycles. The van der Waals surface area contributed by atoms with Crippen molar-refractivity contribution in [2.45, 2.75) is 25.8 Å². The quantitative estimate of drug-likeness (QED) is 0.897. The Morgan fingerprint density at radius 1 is 1.00 bits per heavy atom. The van der Waals surface area contributed by atoms with Gasteiger partial charge in [0.2, 0.25) is 6.79 Å². The van der Waals surface area contributed by atoms with Crippen LogP contribution < -0.4 is 14.8 Å². The molecule has 0 radical (unpaired) electrons.